The molecule has 2 heterocycles. The smallest absolute Gasteiger partial charge is 0.259 e. The lowest BCUT2D eigenvalue weighted by Gasteiger charge is -2.26. The molecule has 1 aliphatic rings. The number of aryl methyl sites for hydroxylation is 2. The molecule has 4 rings (SSSR count). The molecular weight excluding hydrogens is 444 g/mol. The summed E-state index contributed by atoms with van der Waals surface area (Å²) in [6, 6.07) is 12.3. The standard InChI is InChI=1S/C23H20N4O5S/c1-15-4-3-5-16(2)21(15)27(23(29)18-10-11-33(30,31)13-18)12-20(28)25-19-8-6-17(7-9-19)22-24-14-32-26-22/h3-11,13-14H,12H2,1-2H3,(H,25,28). The van der Waals surface area contributed by atoms with Gasteiger partial charge in [0.15, 0.2) is 9.84 Å². The molecule has 0 bridgehead atoms. The van der Waals surface area contributed by atoms with Crippen LogP contribution in [0.1, 0.15) is 11.1 Å². The van der Waals surface area contributed by atoms with Crippen molar-refractivity contribution in [1.82, 2.24) is 10.1 Å². The summed E-state index contributed by atoms with van der Waals surface area (Å²) in [6.45, 7) is 3.35. The van der Waals surface area contributed by atoms with Gasteiger partial charge in [-0.2, -0.15) is 4.98 Å². The van der Waals surface area contributed by atoms with Crippen LogP contribution in [0, 0.1) is 13.8 Å². The minimum absolute atomic E-state index is 0.00471. The number of sulfone groups is 1. The molecule has 168 valence electrons. The zero-order valence-corrected chi connectivity index (χ0v) is 18.7. The van der Waals surface area contributed by atoms with Crippen molar-refractivity contribution in [2.75, 3.05) is 16.8 Å². The van der Waals surface area contributed by atoms with Gasteiger partial charge >= 0.3 is 0 Å². The summed E-state index contributed by atoms with van der Waals surface area (Å²) in [5.41, 5.74) is 3.36. The number of benzene rings is 2. The number of nitrogens with zero attached hydrogens (tertiary/aromatic N) is 3. The van der Waals surface area contributed by atoms with E-state index in [0.717, 1.165) is 27.5 Å². The zero-order chi connectivity index (χ0) is 23.6. The highest BCUT2D eigenvalue weighted by Crippen LogP contribution is 2.28. The molecule has 0 spiro atoms. The van der Waals surface area contributed by atoms with Crippen LogP contribution >= 0.6 is 0 Å². The lowest BCUT2D eigenvalue weighted by atomic mass is 10.1. The lowest BCUT2D eigenvalue weighted by molar-refractivity contribution is -0.119. The summed E-state index contributed by atoms with van der Waals surface area (Å²) in [5, 5.41) is 8.40. The number of nitrogens with one attached hydrogen (secondary N) is 1. The number of para-hydroxylation sites is 1. The first kappa shape index (κ1) is 22.2. The second-order valence-corrected chi connectivity index (χ2v) is 9.16. The van der Waals surface area contributed by atoms with E-state index in [1.165, 1.54) is 17.4 Å². The molecular formula is C23H20N4O5S. The Kier molecular flexibility index (Phi) is 5.93. The first-order valence-electron chi connectivity index (χ1n) is 9.93. The van der Waals surface area contributed by atoms with Crippen molar-refractivity contribution in [2.24, 2.45) is 0 Å². The summed E-state index contributed by atoms with van der Waals surface area (Å²) >= 11 is 0. The van der Waals surface area contributed by atoms with Crippen molar-refractivity contribution in [1.29, 1.82) is 0 Å². The number of rotatable bonds is 6. The summed E-state index contributed by atoms with van der Waals surface area (Å²) < 4.78 is 28.3. The quantitative estimate of drug-likeness (QED) is 0.594. The number of hydrogen-bond acceptors (Lipinski definition) is 7. The third kappa shape index (κ3) is 4.90. The van der Waals surface area contributed by atoms with E-state index in [1.807, 2.05) is 32.0 Å². The van der Waals surface area contributed by atoms with Crippen LogP contribution in [0.2, 0.25) is 0 Å². The molecule has 0 atom stereocenters. The molecule has 9 nitrogen and oxygen atoms in total. The molecule has 0 fully saturated rings. The van der Waals surface area contributed by atoms with Crippen LogP contribution < -0.4 is 10.2 Å². The summed E-state index contributed by atoms with van der Waals surface area (Å²) in [4.78, 5) is 31.4. The molecule has 0 aliphatic carbocycles. The molecule has 3 aromatic rings. The molecule has 1 N–H and O–H groups in total. The highest BCUT2D eigenvalue weighted by atomic mass is 32.2. The third-order valence-corrected chi connectivity index (χ3v) is 6.12. The predicted molar refractivity (Wildman–Crippen MR) is 123 cm³/mol. The van der Waals surface area contributed by atoms with Gasteiger partial charge in [0.05, 0.1) is 11.3 Å². The Balaban J connectivity index is 1.58. The van der Waals surface area contributed by atoms with Crippen molar-refractivity contribution < 1.29 is 22.5 Å². The van der Waals surface area contributed by atoms with Gasteiger partial charge in [0, 0.05) is 22.1 Å². The van der Waals surface area contributed by atoms with Crippen LogP contribution in [0.4, 0.5) is 11.4 Å². The number of aromatic nitrogens is 2. The molecule has 1 aromatic heterocycles. The van der Waals surface area contributed by atoms with Gasteiger partial charge in [-0.1, -0.05) is 23.4 Å². The SMILES string of the molecule is Cc1cccc(C)c1N(CC(=O)Nc1ccc(-c2ncon2)cc1)C(=O)C1=CS(=O)(=O)C=C1. The van der Waals surface area contributed by atoms with Crippen LogP contribution in [0.15, 0.2) is 75.8 Å². The van der Waals surface area contributed by atoms with Gasteiger partial charge in [0.2, 0.25) is 18.1 Å². The molecule has 1 aliphatic heterocycles. The number of carbonyl (C=O) groups excluding carboxylic acids is 2. The minimum Gasteiger partial charge on any atom is -0.342 e. The molecule has 2 aromatic carbocycles. The first-order valence-corrected chi connectivity index (χ1v) is 11.5. The summed E-state index contributed by atoms with van der Waals surface area (Å²) in [7, 11) is -3.58. The Hall–Kier alpha value is -4.05. The molecule has 10 heteroatoms. The van der Waals surface area contributed by atoms with E-state index in [9.17, 15) is 18.0 Å². The summed E-state index contributed by atoms with van der Waals surface area (Å²) in [5.74, 6) is -0.594. The summed E-state index contributed by atoms with van der Waals surface area (Å²) in [6.07, 6.45) is 2.47. The second-order valence-electron chi connectivity index (χ2n) is 7.48. The maximum Gasteiger partial charge on any atom is 0.259 e. The van der Waals surface area contributed by atoms with E-state index in [2.05, 4.69) is 15.5 Å². The van der Waals surface area contributed by atoms with Crippen LogP contribution in [0.25, 0.3) is 11.4 Å². The van der Waals surface area contributed by atoms with Crippen LogP contribution in [0.5, 0.6) is 0 Å². The molecule has 0 saturated heterocycles. The highest BCUT2D eigenvalue weighted by Gasteiger charge is 2.27. The lowest BCUT2D eigenvalue weighted by Crippen LogP contribution is -2.39. The Bertz CT molecular complexity index is 1350. The normalized spacial score (nSPS) is 14.1. The largest absolute Gasteiger partial charge is 0.342 e. The zero-order valence-electron chi connectivity index (χ0n) is 17.8. The van der Waals surface area contributed by atoms with E-state index in [1.54, 1.807) is 24.3 Å². The van der Waals surface area contributed by atoms with Crippen molar-refractivity contribution in [3.63, 3.8) is 0 Å². The monoisotopic (exact) mass is 464 g/mol. The van der Waals surface area contributed by atoms with Gasteiger partial charge in [-0.3, -0.25) is 14.5 Å². The van der Waals surface area contributed by atoms with E-state index in [-0.39, 0.29) is 12.1 Å². The van der Waals surface area contributed by atoms with Crippen molar-refractivity contribution in [3.05, 3.63) is 82.5 Å². The van der Waals surface area contributed by atoms with Gasteiger partial charge in [-0.15, -0.1) is 0 Å². The minimum atomic E-state index is -3.58. The van der Waals surface area contributed by atoms with Gasteiger partial charge < -0.3 is 9.84 Å². The number of amides is 2. The van der Waals surface area contributed by atoms with E-state index < -0.39 is 21.7 Å². The third-order valence-electron chi connectivity index (χ3n) is 5.02. The van der Waals surface area contributed by atoms with Crippen LogP contribution in [0.3, 0.4) is 0 Å². The molecule has 33 heavy (non-hydrogen) atoms. The van der Waals surface area contributed by atoms with Crippen molar-refractivity contribution >= 4 is 33.0 Å². The number of carbonyl (C=O) groups is 2. The molecule has 2 amide bonds. The maximum absolute atomic E-state index is 13.2. The predicted octanol–water partition coefficient (Wildman–Crippen LogP) is 3.15. The maximum atomic E-state index is 13.2. The first-order chi connectivity index (χ1) is 15.7. The fourth-order valence-corrected chi connectivity index (χ4v) is 4.48. The van der Waals surface area contributed by atoms with E-state index in [0.29, 0.717) is 17.2 Å². The van der Waals surface area contributed by atoms with Gasteiger partial charge in [-0.25, -0.2) is 8.42 Å². The van der Waals surface area contributed by atoms with Crippen molar-refractivity contribution in [3.8, 4) is 11.4 Å². The van der Waals surface area contributed by atoms with E-state index >= 15 is 0 Å². The van der Waals surface area contributed by atoms with Crippen molar-refractivity contribution in [2.45, 2.75) is 13.8 Å². The molecule has 0 radical (unpaired) electrons. The Labute approximate surface area is 190 Å². The van der Waals surface area contributed by atoms with Gasteiger partial charge in [-0.05, 0) is 55.3 Å². The van der Waals surface area contributed by atoms with Crippen LogP contribution in [-0.4, -0.2) is 36.9 Å². The number of anilines is 2. The fourth-order valence-electron chi connectivity index (χ4n) is 3.53. The number of hydrogen-bond donors (Lipinski definition) is 1. The molecule has 0 unspecified atom stereocenters. The highest BCUT2D eigenvalue weighted by molar-refractivity contribution is 7.97. The Morgan fingerprint density at radius 3 is 2.33 bits per heavy atom. The topological polar surface area (TPSA) is 122 Å². The van der Waals surface area contributed by atoms with Gasteiger partial charge in [0.1, 0.15) is 6.54 Å². The molecule has 0 saturated carbocycles. The van der Waals surface area contributed by atoms with E-state index in [4.69, 9.17) is 4.52 Å². The second kappa shape index (κ2) is 8.83. The Morgan fingerprint density at radius 2 is 1.76 bits per heavy atom. The fraction of sp³-hybridized carbons (Fsp3) is 0.130. The van der Waals surface area contributed by atoms with Gasteiger partial charge in [0.25, 0.3) is 5.91 Å². The average Bonchev–Trinajstić information content (AvgIpc) is 3.42. The van der Waals surface area contributed by atoms with Crippen LogP contribution in [-0.2, 0) is 19.4 Å². The average molecular weight is 465 g/mol. The Morgan fingerprint density at radius 1 is 1.06 bits per heavy atom.